The van der Waals surface area contributed by atoms with Gasteiger partial charge >= 0.3 is 0 Å². The average Bonchev–Trinajstić information content (AvgIpc) is 2.71. The summed E-state index contributed by atoms with van der Waals surface area (Å²) in [7, 11) is 0. The van der Waals surface area contributed by atoms with Crippen LogP contribution in [0.4, 0.5) is 0 Å². The fraction of sp³-hybridized carbons (Fsp3) is 0.280. The molecular weight excluding hydrogens is 370 g/mol. The number of fused-ring (bicyclic) bond motifs is 1. The van der Waals surface area contributed by atoms with Crippen LogP contribution in [-0.2, 0) is 18.3 Å². The number of nitrogens with zero attached hydrogens (tertiary/aromatic N) is 4. The maximum absolute atomic E-state index is 4.65. The second kappa shape index (κ2) is 8.67. The van der Waals surface area contributed by atoms with Crippen molar-refractivity contribution in [3.05, 3.63) is 83.7 Å². The lowest BCUT2D eigenvalue weighted by Gasteiger charge is -2.17. The van der Waals surface area contributed by atoms with E-state index in [2.05, 4.69) is 84.0 Å². The topological polar surface area (TPSA) is 86.6 Å². The van der Waals surface area contributed by atoms with E-state index in [0.717, 1.165) is 46.4 Å². The molecule has 0 amide bonds. The average molecular weight is 400 g/mol. The van der Waals surface area contributed by atoms with Gasteiger partial charge in [0, 0.05) is 40.1 Å². The van der Waals surface area contributed by atoms with Gasteiger partial charge in [0.1, 0.15) is 6.33 Å². The lowest BCUT2D eigenvalue weighted by Crippen LogP contribution is -2.14. The molecule has 0 unspecified atom stereocenters. The summed E-state index contributed by atoms with van der Waals surface area (Å²) in [5, 5.41) is 1.14. The van der Waals surface area contributed by atoms with Crippen LogP contribution >= 0.6 is 0 Å². The van der Waals surface area contributed by atoms with E-state index in [1.54, 1.807) is 6.33 Å². The van der Waals surface area contributed by atoms with E-state index >= 15 is 0 Å². The zero-order valence-electron chi connectivity index (χ0n) is 18.2. The Kier molecular flexibility index (Phi) is 6.22. The van der Waals surface area contributed by atoms with Gasteiger partial charge in [0.05, 0.1) is 11.2 Å². The van der Waals surface area contributed by atoms with Crippen molar-refractivity contribution in [3.63, 3.8) is 0 Å². The Labute approximate surface area is 178 Å². The van der Waals surface area contributed by atoms with Crippen LogP contribution in [-0.4, -0.2) is 19.9 Å². The first-order valence-corrected chi connectivity index (χ1v) is 10.0. The molecule has 1 aromatic carbocycles. The maximum Gasteiger partial charge on any atom is 0.115 e. The van der Waals surface area contributed by atoms with E-state index in [1.165, 1.54) is 11.1 Å². The molecule has 0 aliphatic heterocycles. The van der Waals surface area contributed by atoms with Crippen molar-refractivity contribution in [1.82, 2.24) is 26.1 Å². The number of rotatable bonds is 4. The van der Waals surface area contributed by atoms with Crippen molar-refractivity contribution in [2.45, 2.75) is 46.0 Å². The van der Waals surface area contributed by atoms with Gasteiger partial charge in [-0.05, 0) is 61.2 Å². The second-order valence-corrected chi connectivity index (χ2v) is 8.56. The molecule has 0 aliphatic rings. The summed E-state index contributed by atoms with van der Waals surface area (Å²) in [5.74, 6) is 0. The molecule has 3 aromatic heterocycles. The lowest BCUT2D eigenvalue weighted by molar-refractivity contribution is 0.564. The van der Waals surface area contributed by atoms with Gasteiger partial charge in [0.25, 0.3) is 0 Å². The largest absolute Gasteiger partial charge is 0.344 e. The molecule has 30 heavy (non-hydrogen) atoms. The van der Waals surface area contributed by atoms with Crippen molar-refractivity contribution >= 4 is 10.9 Å². The monoisotopic (exact) mass is 399 g/mol. The third kappa shape index (κ3) is 4.69. The van der Waals surface area contributed by atoms with Gasteiger partial charge in [-0.1, -0.05) is 32.9 Å². The van der Waals surface area contributed by atoms with Crippen LogP contribution in [0, 0.1) is 6.92 Å². The first kappa shape index (κ1) is 21.5. The van der Waals surface area contributed by atoms with E-state index in [1.807, 2.05) is 18.5 Å². The van der Waals surface area contributed by atoms with Crippen molar-refractivity contribution in [1.29, 1.82) is 0 Å². The number of hydrogen-bond acceptors (Lipinski definition) is 5. The Morgan fingerprint density at radius 2 is 1.70 bits per heavy atom. The van der Waals surface area contributed by atoms with Crippen molar-refractivity contribution in [2.75, 3.05) is 0 Å². The number of hydrogen-bond donors (Lipinski definition) is 1. The highest BCUT2D eigenvalue weighted by molar-refractivity contribution is 5.84. The molecule has 3 heterocycles. The number of aryl methyl sites for hydroxylation is 3. The molecule has 0 atom stereocenters. The van der Waals surface area contributed by atoms with E-state index in [9.17, 15) is 0 Å². The molecule has 4 aromatic rings. The first-order chi connectivity index (χ1) is 13.9. The number of benzene rings is 1. The molecule has 0 fully saturated rings. The standard InChI is InChI=1S/C25H26N4.H3N/c1-17-6-5-11-26-24(17)19-8-10-22-20(13-19)12-18(15-27-22)7-9-21-14-23(25(2,3)4)29-16-28-21;/h5-6,8,10-16H,7,9H2,1-4H3;1H3. The van der Waals surface area contributed by atoms with Crippen LogP contribution in [0.25, 0.3) is 22.2 Å². The summed E-state index contributed by atoms with van der Waals surface area (Å²) < 4.78 is 0. The molecule has 4 rings (SSSR count). The molecule has 0 saturated heterocycles. The molecule has 0 bridgehead atoms. The maximum atomic E-state index is 4.65. The van der Waals surface area contributed by atoms with E-state index in [4.69, 9.17) is 0 Å². The summed E-state index contributed by atoms with van der Waals surface area (Å²) >= 11 is 0. The Hall–Kier alpha value is -3.18. The fourth-order valence-electron chi connectivity index (χ4n) is 3.47. The molecule has 3 N–H and O–H groups in total. The first-order valence-electron chi connectivity index (χ1n) is 10.0. The molecule has 0 aliphatic carbocycles. The predicted octanol–water partition coefficient (Wildman–Crippen LogP) is 5.64. The molecule has 5 nitrogen and oxygen atoms in total. The highest BCUT2D eigenvalue weighted by Crippen LogP contribution is 2.25. The van der Waals surface area contributed by atoms with Crippen molar-refractivity contribution in [2.24, 2.45) is 0 Å². The molecule has 0 radical (unpaired) electrons. The van der Waals surface area contributed by atoms with Crippen LogP contribution < -0.4 is 6.15 Å². The molecule has 0 spiro atoms. The van der Waals surface area contributed by atoms with Crippen LogP contribution in [0.3, 0.4) is 0 Å². The van der Waals surface area contributed by atoms with Gasteiger partial charge in [-0.3, -0.25) is 9.97 Å². The van der Waals surface area contributed by atoms with Crippen LogP contribution in [0.15, 0.2) is 61.2 Å². The Balaban J connectivity index is 0.00000256. The van der Waals surface area contributed by atoms with Gasteiger partial charge < -0.3 is 6.15 Å². The smallest absolute Gasteiger partial charge is 0.115 e. The normalized spacial score (nSPS) is 11.3. The molecule has 5 heteroatoms. The minimum Gasteiger partial charge on any atom is -0.344 e. The fourth-order valence-corrected chi connectivity index (χ4v) is 3.47. The van der Waals surface area contributed by atoms with Crippen LogP contribution in [0.2, 0.25) is 0 Å². The predicted molar refractivity (Wildman–Crippen MR) is 123 cm³/mol. The van der Waals surface area contributed by atoms with Gasteiger partial charge in [-0.15, -0.1) is 0 Å². The molecule has 0 saturated carbocycles. The summed E-state index contributed by atoms with van der Waals surface area (Å²) in [6.07, 6.45) is 7.26. The Bertz CT molecular complexity index is 1160. The van der Waals surface area contributed by atoms with E-state index < -0.39 is 0 Å². The second-order valence-electron chi connectivity index (χ2n) is 8.56. The van der Waals surface area contributed by atoms with E-state index in [-0.39, 0.29) is 11.6 Å². The molecule has 154 valence electrons. The van der Waals surface area contributed by atoms with Crippen LogP contribution in [0.1, 0.15) is 43.3 Å². The van der Waals surface area contributed by atoms with Crippen molar-refractivity contribution < 1.29 is 0 Å². The Morgan fingerprint density at radius 1 is 0.867 bits per heavy atom. The SMILES string of the molecule is Cc1cccnc1-c1ccc2ncc(CCc3cc(C(C)(C)C)ncn3)cc2c1.N. The highest BCUT2D eigenvalue weighted by Gasteiger charge is 2.16. The summed E-state index contributed by atoms with van der Waals surface area (Å²) in [6.45, 7) is 8.61. The van der Waals surface area contributed by atoms with Crippen LogP contribution in [0.5, 0.6) is 0 Å². The number of pyridine rings is 2. The third-order valence-electron chi connectivity index (χ3n) is 5.18. The van der Waals surface area contributed by atoms with Gasteiger partial charge in [0.15, 0.2) is 0 Å². The van der Waals surface area contributed by atoms with E-state index in [0.29, 0.717) is 0 Å². The Morgan fingerprint density at radius 3 is 2.47 bits per heavy atom. The highest BCUT2D eigenvalue weighted by atomic mass is 14.8. The van der Waals surface area contributed by atoms with Gasteiger partial charge in [-0.2, -0.15) is 0 Å². The zero-order chi connectivity index (χ0) is 20.4. The quantitative estimate of drug-likeness (QED) is 0.480. The third-order valence-corrected chi connectivity index (χ3v) is 5.18. The summed E-state index contributed by atoms with van der Waals surface area (Å²) in [4.78, 5) is 18.1. The van der Waals surface area contributed by atoms with Crippen molar-refractivity contribution in [3.8, 4) is 11.3 Å². The van der Waals surface area contributed by atoms with Gasteiger partial charge in [-0.25, -0.2) is 9.97 Å². The lowest BCUT2D eigenvalue weighted by atomic mass is 9.91. The number of aromatic nitrogens is 4. The van der Waals surface area contributed by atoms with Gasteiger partial charge in [0.2, 0.25) is 0 Å². The zero-order valence-corrected chi connectivity index (χ0v) is 18.2. The summed E-state index contributed by atoms with van der Waals surface area (Å²) in [5.41, 5.74) is 7.72. The summed E-state index contributed by atoms with van der Waals surface area (Å²) in [6, 6.07) is 14.8. The minimum atomic E-state index is 0. The molecular formula is C25H29N5. The minimum absolute atomic E-state index is 0.